The molecule has 5 rings (SSSR count). The van der Waals surface area contributed by atoms with Gasteiger partial charge in [0.2, 0.25) is 0 Å². The molecule has 0 spiro atoms. The molecule has 3 heterocycles. The lowest BCUT2D eigenvalue weighted by Gasteiger charge is -2.33. The molecule has 0 saturated heterocycles. The lowest BCUT2D eigenvalue weighted by atomic mass is 10.1. The van der Waals surface area contributed by atoms with Crippen LogP contribution in [0, 0.1) is 0 Å². The first-order chi connectivity index (χ1) is 15.7. The fourth-order valence-electron chi connectivity index (χ4n) is 3.71. The normalized spacial score (nSPS) is 15.0. The van der Waals surface area contributed by atoms with Gasteiger partial charge in [-0.2, -0.15) is 5.10 Å². The number of nitrogens with one attached hydrogen (secondary N) is 1. The number of fused-ring (bicyclic) bond motifs is 1. The van der Waals surface area contributed by atoms with E-state index in [0.29, 0.717) is 22.7 Å². The van der Waals surface area contributed by atoms with Gasteiger partial charge in [-0.25, -0.2) is 4.68 Å². The summed E-state index contributed by atoms with van der Waals surface area (Å²) in [6.45, 7) is 0.107. The number of hydrogen-bond acceptors (Lipinski definition) is 5. The molecule has 1 aliphatic heterocycles. The van der Waals surface area contributed by atoms with E-state index in [0.717, 1.165) is 10.6 Å². The molecular formula is C24H20N4O3S. The molecule has 1 aliphatic rings. The lowest BCUT2D eigenvalue weighted by molar-refractivity contribution is -0.127. The molecule has 32 heavy (non-hydrogen) atoms. The Balaban J connectivity index is 1.60. The van der Waals surface area contributed by atoms with Crippen molar-refractivity contribution in [2.24, 2.45) is 0 Å². The van der Waals surface area contributed by atoms with Gasteiger partial charge in [-0.1, -0.05) is 36.4 Å². The number of para-hydroxylation sites is 3. The number of ether oxygens (including phenoxy) is 1. The van der Waals surface area contributed by atoms with E-state index in [2.05, 4.69) is 5.32 Å². The van der Waals surface area contributed by atoms with Crippen molar-refractivity contribution in [1.29, 1.82) is 0 Å². The number of rotatable bonds is 4. The zero-order chi connectivity index (χ0) is 22.1. The van der Waals surface area contributed by atoms with Crippen molar-refractivity contribution < 1.29 is 14.3 Å². The van der Waals surface area contributed by atoms with E-state index in [-0.39, 0.29) is 18.4 Å². The summed E-state index contributed by atoms with van der Waals surface area (Å²) in [6.07, 6.45) is 0.952. The van der Waals surface area contributed by atoms with Gasteiger partial charge in [0, 0.05) is 13.2 Å². The summed E-state index contributed by atoms with van der Waals surface area (Å²) in [7, 11) is 1.55. The van der Waals surface area contributed by atoms with Crippen molar-refractivity contribution in [3.05, 3.63) is 83.9 Å². The minimum atomic E-state index is -0.798. The van der Waals surface area contributed by atoms with E-state index in [4.69, 9.17) is 9.84 Å². The van der Waals surface area contributed by atoms with Gasteiger partial charge >= 0.3 is 0 Å². The number of amides is 2. The van der Waals surface area contributed by atoms with E-state index in [1.54, 1.807) is 28.9 Å². The largest absolute Gasteiger partial charge is 0.477 e. The van der Waals surface area contributed by atoms with E-state index in [1.807, 2.05) is 66.0 Å². The molecule has 0 saturated carbocycles. The molecule has 8 heteroatoms. The van der Waals surface area contributed by atoms with Crippen LogP contribution in [0.3, 0.4) is 0 Å². The van der Waals surface area contributed by atoms with Crippen LogP contribution < -0.4 is 15.0 Å². The van der Waals surface area contributed by atoms with E-state index in [1.165, 1.54) is 11.3 Å². The highest BCUT2D eigenvalue weighted by atomic mass is 32.1. The minimum absolute atomic E-state index is 0.107. The zero-order valence-electron chi connectivity index (χ0n) is 17.3. The van der Waals surface area contributed by atoms with Crippen molar-refractivity contribution in [2.75, 3.05) is 18.5 Å². The number of carbonyl (C=O) groups excluding carboxylic acids is 2. The molecule has 0 bridgehead atoms. The Bertz CT molecular complexity index is 1270. The van der Waals surface area contributed by atoms with Gasteiger partial charge in [0.1, 0.15) is 11.4 Å². The highest BCUT2D eigenvalue weighted by Crippen LogP contribution is 2.36. The number of nitrogens with zero attached hydrogens (tertiary/aromatic N) is 3. The minimum Gasteiger partial charge on any atom is -0.477 e. The number of hydrogen-bond donors (Lipinski definition) is 1. The van der Waals surface area contributed by atoms with Gasteiger partial charge in [0.15, 0.2) is 6.10 Å². The van der Waals surface area contributed by atoms with Crippen molar-refractivity contribution in [3.63, 3.8) is 0 Å². The first-order valence-electron chi connectivity index (χ1n) is 10.1. The maximum Gasteiger partial charge on any atom is 0.262 e. The number of benzene rings is 2. The quantitative estimate of drug-likeness (QED) is 0.520. The van der Waals surface area contributed by atoms with Crippen LogP contribution in [0.5, 0.6) is 5.75 Å². The third-order valence-corrected chi connectivity index (χ3v) is 6.15. The molecule has 7 nitrogen and oxygen atoms in total. The summed E-state index contributed by atoms with van der Waals surface area (Å²) < 4.78 is 7.57. The highest BCUT2D eigenvalue weighted by molar-refractivity contribution is 7.13. The molecular weight excluding hydrogens is 424 g/mol. The fraction of sp³-hybridized carbons (Fsp3) is 0.125. The molecule has 160 valence electrons. The number of aromatic nitrogens is 2. The average molecular weight is 445 g/mol. The fourth-order valence-corrected chi connectivity index (χ4v) is 4.43. The van der Waals surface area contributed by atoms with Crippen molar-refractivity contribution in [1.82, 2.24) is 15.1 Å². The molecule has 1 N–H and O–H groups in total. The van der Waals surface area contributed by atoms with Crippen LogP contribution >= 0.6 is 11.3 Å². The van der Waals surface area contributed by atoms with Gasteiger partial charge in [0.05, 0.1) is 28.4 Å². The highest BCUT2D eigenvalue weighted by Gasteiger charge is 2.35. The molecule has 0 radical (unpaired) electrons. The van der Waals surface area contributed by atoms with Crippen LogP contribution in [0.1, 0.15) is 10.4 Å². The summed E-state index contributed by atoms with van der Waals surface area (Å²) in [6, 6.07) is 20.8. The Hall–Kier alpha value is -3.91. The summed E-state index contributed by atoms with van der Waals surface area (Å²) in [5.74, 6) is -0.0233. The molecule has 2 aromatic carbocycles. The Kier molecular flexibility index (Phi) is 5.20. The number of carbonyl (C=O) groups is 2. The SMILES string of the molecule is CNC(=O)[C@H]1CN(C(=O)c2cn(-c3ccccc3)nc2-c2cccs2)c2ccccc2O1. The summed E-state index contributed by atoms with van der Waals surface area (Å²) in [4.78, 5) is 28.7. The third-order valence-electron chi connectivity index (χ3n) is 5.28. The maximum atomic E-state index is 13.9. The second-order valence-electron chi connectivity index (χ2n) is 7.25. The first-order valence-corrected chi connectivity index (χ1v) is 11.0. The molecule has 4 aromatic rings. The van der Waals surface area contributed by atoms with Crippen LogP contribution in [0.2, 0.25) is 0 Å². The maximum absolute atomic E-state index is 13.9. The second kappa shape index (κ2) is 8.32. The van der Waals surface area contributed by atoms with Gasteiger partial charge in [-0.15, -0.1) is 11.3 Å². The monoisotopic (exact) mass is 444 g/mol. The summed E-state index contributed by atoms with van der Waals surface area (Å²) >= 11 is 1.52. The topological polar surface area (TPSA) is 76.5 Å². The lowest BCUT2D eigenvalue weighted by Crippen LogP contribution is -2.50. The Labute approximate surface area is 188 Å². The van der Waals surface area contributed by atoms with E-state index >= 15 is 0 Å². The van der Waals surface area contributed by atoms with Crippen molar-refractivity contribution >= 4 is 28.8 Å². The smallest absolute Gasteiger partial charge is 0.262 e. The van der Waals surface area contributed by atoms with Crippen molar-refractivity contribution in [2.45, 2.75) is 6.10 Å². The van der Waals surface area contributed by atoms with Crippen LogP contribution in [-0.2, 0) is 4.79 Å². The summed E-state index contributed by atoms with van der Waals surface area (Å²) in [5, 5.41) is 9.30. The molecule has 2 aromatic heterocycles. The number of anilines is 1. The average Bonchev–Trinajstić information content (AvgIpc) is 3.53. The van der Waals surface area contributed by atoms with Crippen LogP contribution in [0.25, 0.3) is 16.3 Å². The number of thiophene rings is 1. The Morgan fingerprint density at radius 2 is 1.84 bits per heavy atom. The predicted octanol–water partition coefficient (Wildman–Crippen LogP) is 3.75. The van der Waals surface area contributed by atoms with Gasteiger partial charge in [-0.05, 0) is 35.7 Å². The van der Waals surface area contributed by atoms with Crippen LogP contribution in [-0.4, -0.2) is 41.3 Å². The van der Waals surface area contributed by atoms with Gasteiger partial charge in [-0.3, -0.25) is 9.59 Å². The van der Waals surface area contributed by atoms with Crippen LogP contribution in [0.4, 0.5) is 5.69 Å². The first kappa shape index (κ1) is 20.0. The van der Waals surface area contributed by atoms with E-state index in [9.17, 15) is 9.59 Å². The van der Waals surface area contributed by atoms with Gasteiger partial charge < -0.3 is 15.0 Å². The molecule has 0 unspecified atom stereocenters. The molecule has 1 atom stereocenters. The molecule has 2 amide bonds. The van der Waals surface area contributed by atoms with Gasteiger partial charge in [0.25, 0.3) is 11.8 Å². The zero-order valence-corrected chi connectivity index (χ0v) is 18.1. The summed E-state index contributed by atoms with van der Waals surface area (Å²) in [5.41, 5.74) is 2.55. The third kappa shape index (κ3) is 3.54. The molecule has 0 aliphatic carbocycles. The Morgan fingerprint density at radius 1 is 1.06 bits per heavy atom. The number of likely N-dealkylation sites (N-methyl/N-ethyl adjacent to an activating group) is 1. The predicted molar refractivity (Wildman–Crippen MR) is 123 cm³/mol. The molecule has 0 fully saturated rings. The standard InChI is InChI=1S/C24H20N4O3S/c1-25-23(29)20-15-27(18-10-5-6-11-19(18)31-20)24(30)17-14-28(16-8-3-2-4-9-16)26-22(17)21-12-7-13-32-21/h2-14,20H,15H2,1H3,(H,25,29)/t20-/m1/s1. The van der Waals surface area contributed by atoms with E-state index < -0.39 is 6.10 Å². The van der Waals surface area contributed by atoms with Crippen molar-refractivity contribution in [3.8, 4) is 22.0 Å². The Morgan fingerprint density at radius 3 is 2.59 bits per heavy atom. The van der Waals surface area contributed by atoms with Crippen LogP contribution in [0.15, 0.2) is 78.3 Å². The second-order valence-corrected chi connectivity index (χ2v) is 8.20.